The van der Waals surface area contributed by atoms with Crippen LogP contribution in [0.2, 0.25) is 0 Å². The minimum absolute atomic E-state index is 0.0261. The van der Waals surface area contributed by atoms with Crippen LogP contribution in [-0.4, -0.2) is 55.1 Å². The van der Waals surface area contributed by atoms with E-state index < -0.39 is 6.10 Å². The van der Waals surface area contributed by atoms with Crippen LogP contribution in [-0.2, 0) is 15.9 Å². The highest BCUT2D eigenvalue weighted by Crippen LogP contribution is 2.32. The highest BCUT2D eigenvalue weighted by molar-refractivity contribution is 5.48. The normalized spacial score (nSPS) is 25.1. The molecule has 39 heavy (non-hydrogen) atoms. The molecular weight excluding hydrogens is 492 g/mol. The zero-order valence-electron chi connectivity index (χ0n) is 23.6. The molecule has 0 radical (unpaired) electrons. The SMILES string of the molecule is COCNC1C=C2C#C[C@@H](C)CCC[C@@H](C[C@H](O)CCc3ccc(O)c(OC4CCCCC4)c3)OCC2=CN1. The van der Waals surface area contributed by atoms with Crippen LogP contribution < -0.4 is 15.4 Å². The molecule has 7 heteroatoms. The maximum absolute atomic E-state index is 10.9. The van der Waals surface area contributed by atoms with E-state index in [4.69, 9.17) is 14.2 Å². The van der Waals surface area contributed by atoms with Crippen LogP contribution in [0, 0.1) is 17.8 Å². The second-order valence-corrected chi connectivity index (χ2v) is 11.2. The fraction of sp³-hybridized carbons (Fsp3) is 0.625. The van der Waals surface area contributed by atoms with Gasteiger partial charge in [0, 0.05) is 30.4 Å². The summed E-state index contributed by atoms with van der Waals surface area (Å²) in [6, 6.07) is 5.57. The predicted molar refractivity (Wildman–Crippen MR) is 153 cm³/mol. The van der Waals surface area contributed by atoms with Gasteiger partial charge in [0.15, 0.2) is 11.5 Å². The summed E-state index contributed by atoms with van der Waals surface area (Å²) < 4.78 is 17.6. The Hall–Kier alpha value is -2.50. The van der Waals surface area contributed by atoms with Gasteiger partial charge in [0.25, 0.3) is 0 Å². The van der Waals surface area contributed by atoms with E-state index >= 15 is 0 Å². The highest BCUT2D eigenvalue weighted by atomic mass is 16.5. The molecule has 0 amide bonds. The molecular formula is C32H46N2O5. The van der Waals surface area contributed by atoms with E-state index in [0.717, 1.165) is 55.2 Å². The second kappa shape index (κ2) is 15.3. The van der Waals surface area contributed by atoms with Gasteiger partial charge >= 0.3 is 0 Å². The molecule has 0 bridgehead atoms. The lowest BCUT2D eigenvalue weighted by Gasteiger charge is -2.25. The summed E-state index contributed by atoms with van der Waals surface area (Å²) in [6.45, 7) is 3.07. The van der Waals surface area contributed by atoms with Gasteiger partial charge in [0.2, 0.25) is 0 Å². The average molecular weight is 539 g/mol. The first-order valence-electron chi connectivity index (χ1n) is 14.7. The minimum Gasteiger partial charge on any atom is -0.504 e. The van der Waals surface area contributed by atoms with Gasteiger partial charge in [0.05, 0.1) is 37.8 Å². The monoisotopic (exact) mass is 538 g/mol. The van der Waals surface area contributed by atoms with Crippen LogP contribution in [0.1, 0.15) is 76.7 Å². The van der Waals surface area contributed by atoms with Crippen molar-refractivity contribution in [1.29, 1.82) is 0 Å². The topological polar surface area (TPSA) is 92.2 Å². The summed E-state index contributed by atoms with van der Waals surface area (Å²) in [6.07, 6.45) is 14.3. The van der Waals surface area contributed by atoms with Crippen molar-refractivity contribution >= 4 is 0 Å². The first-order chi connectivity index (χ1) is 19.0. The van der Waals surface area contributed by atoms with Gasteiger partial charge in [0.1, 0.15) is 0 Å². The number of hydrogen-bond donors (Lipinski definition) is 4. The van der Waals surface area contributed by atoms with Gasteiger partial charge in [-0.1, -0.05) is 31.3 Å². The lowest BCUT2D eigenvalue weighted by molar-refractivity contribution is 0.0166. The maximum atomic E-state index is 10.9. The van der Waals surface area contributed by atoms with Gasteiger partial charge in [-0.2, -0.15) is 0 Å². The van der Waals surface area contributed by atoms with Gasteiger partial charge in [-0.3, -0.25) is 5.32 Å². The number of ether oxygens (including phenoxy) is 3. The smallest absolute Gasteiger partial charge is 0.161 e. The number of hydrogen-bond acceptors (Lipinski definition) is 7. The van der Waals surface area contributed by atoms with Crippen molar-refractivity contribution in [3.8, 4) is 23.3 Å². The number of fused-ring (bicyclic) bond motifs is 1. The Labute approximate surface area is 234 Å². The summed E-state index contributed by atoms with van der Waals surface area (Å²) in [5.74, 6) is 7.83. The van der Waals surface area contributed by atoms with Gasteiger partial charge in [-0.05, 0) is 88.0 Å². The van der Waals surface area contributed by atoms with Crippen LogP contribution in [0.3, 0.4) is 0 Å². The van der Waals surface area contributed by atoms with Gasteiger partial charge < -0.3 is 29.7 Å². The number of phenolic OH excluding ortho intramolecular Hbond substituents is 1. The summed E-state index contributed by atoms with van der Waals surface area (Å²) >= 11 is 0. The first-order valence-corrected chi connectivity index (χ1v) is 14.7. The predicted octanol–water partition coefficient (Wildman–Crippen LogP) is 4.93. The standard InChI is InChI=1S/C32H46N2O5/c1-23-7-6-10-29(38-21-26-20-33-32(34-22-37-2)18-25(26)14-11-23)19-27(35)15-12-24-13-16-30(36)31(17-24)39-28-8-4-3-5-9-28/h13,16-18,20,23,27-29,32-36H,3-10,12,15,19,21-22H2,1-2H3/t23-,27+,29-,32?/m0/s1. The van der Waals surface area contributed by atoms with E-state index in [1.54, 1.807) is 13.2 Å². The fourth-order valence-corrected chi connectivity index (χ4v) is 5.45. The number of aryl methyl sites for hydroxylation is 1. The number of phenols is 1. The Morgan fingerprint density at radius 1 is 1.15 bits per heavy atom. The molecule has 0 saturated heterocycles. The molecule has 1 saturated carbocycles. The lowest BCUT2D eigenvalue weighted by Crippen LogP contribution is -2.41. The molecule has 2 aliphatic heterocycles. The van der Waals surface area contributed by atoms with E-state index in [1.165, 1.54) is 19.3 Å². The molecule has 7 nitrogen and oxygen atoms in total. The number of dihydropyridines is 1. The molecule has 1 aliphatic carbocycles. The molecule has 1 fully saturated rings. The van der Waals surface area contributed by atoms with Crippen molar-refractivity contribution in [3.63, 3.8) is 0 Å². The molecule has 1 unspecified atom stereocenters. The van der Waals surface area contributed by atoms with E-state index in [1.807, 2.05) is 18.3 Å². The van der Waals surface area contributed by atoms with Crippen molar-refractivity contribution in [2.24, 2.45) is 5.92 Å². The summed E-state index contributed by atoms with van der Waals surface area (Å²) in [5, 5.41) is 27.9. The lowest BCUT2D eigenvalue weighted by atomic mass is 9.97. The van der Waals surface area contributed by atoms with Crippen molar-refractivity contribution < 1.29 is 24.4 Å². The number of benzene rings is 1. The highest BCUT2D eigenvalue weighted by Gasteiger charge is 2.21. The van der Waals surface area contributed by atoms with Gasteiger partial charge in [-0.15, -0.1) is 0 Å². The van der Waals surface area contributed by atoms with Crippen molar-refractivity contribution in [1.82, 2.24) is 10.6 Å². The van der Waals surface area contributed by atoms with Gasteiger partial charge in [-0.25, -0.2) is 0 Å². The average Bonchev–Trinajstić information content (AvgIpc) is 2.97. The zero-order chi connectivity index (χ0) is 27.5. The largest absolute Gasteiger partial charge is 0.504 e. The van der Waals surface area contributed by atoms with E-state index in [2.05, 4.69) is 35.5 Å². The molecule has 0 spiro atoms. The quantitative estimate of drug-likeness (QED) is 0.248. The number of methoxy groups -OCH3 is 1. The third kappa shape index (κ3) is 9.58. The molecule has 4 N–H and O–H groups in total. The van der Waals surface area contributed by atoms with Crippen molar-refractivity contribution in [3.05, 3.63) is 47.2 Å². The van der Waals surface area contributed by atoms with E-state index in [0.29, 0.717) is 37.8 Å². The maximum Gasteiger partial charge on any atom is 0.161 e. The Bertz CT molecular complexity index is 1040. The summed E-state index contributed by atoms with van der Waals surface area (Å²) in [4.78, 5) is 0. The zero-order valence-corrected chi connectivity index (χ0v) is 23.6. The number of aliphatic hydroxyl groups excluding tert-OH is 1. The number of rotatable bonds is 10. The molecule has 2 heterocycles. The molecule has 0 aromatic heterocycles. The Kier molecular flexibility index (Phi) is 11.6. The Morgan fingerprint density at radius 3 is 2.82 bits per heavy atom. The van der Waals surface area contributed by atoms with Crippen molar-refractivity contribution in [2.75, 3.05) is 20.4 Å². The summed E-state index contributed by atoms with van der Waals surface area (Å²) in [7, 11) is 1.66. The Balaban J connectivity index is 1.31. The second-order valence-electron chi connectivity index (χ2n) is 11.2. The fourth-order valence-electron chi connectivity index (χ4n) is 5.45. The number of nitrogens with one attached hydrogen (secondary N) is 2. The Morgan fingerprint density at radius 2 is 2.00 bits per heavy atom. The van der Waals surface area contributed by atoms with Crippen LogP contribution in [0.15, 0.2) is 41.6 Å². The third-order valence-corrected chi connectivity index (χ3v) is 7.83. The molecule has 1 aromatic carbocycles. The minimum atomic E-state index is -0.471. The summed E-state index contributed by atoms with van der Waals surface area (Å²) in [5.41, 5.74) is 3.08. The molecule has 4 atom stereocenters. The van der Waals surface area contributed by atoms with Crippen molar-refractivity contribution in [2.45, 2.75) is 102 Å². The number of aliphatic hydroxyl groups is 1. The number of aromatic hydroxyl groups is 1. The van der Waals surface area contributed by atoms with Crippen LogP contribution in [0.25, 0.3) is 0 Å². The third-order valence-electron chi connectivity index (χ3n) is 7.83. The van der Waals surface area contributed by atoms with Crippen LogP contribution in [0.4, 0.5) is 0 Å². The molecule has 4 rings (SSSR count). The molecule has 1 aromatic rings. The molecule has 214 valence electrons. The van der Waals surface area contributed by atoms with E-state index in [9.17, 15) is 10.2 Å². The first kappa shape index (κ1) is 29.5. The van der Waals surface area contributed by atoms with E-state index in [-0.39, 0.29) is 24.1 Å². The molecule has 3 aliphatic rings. The van der Waals surface area contributed by atoms with Crippen LogP contribution >= 0.6 is 0 Å². The van der Waals surface area contributed by atoms with Crippen LogP contribution in [0.5, 0.6) is 11.5 Å².